The molecule has 0 fully saturated rings. The molecule has 0 aliphatic heterocycles. The van der Waals surface area contributed by atoms with Crippen LogP contribution >= 0.6 is 11.3 Å². The monoisotopic (exact) mass is 391 g/mol. The standard InChI is InChI=1S/C20H25NO5S/c1-4-26-20(25)16-12-6-5-7-15(12)27-18(16)21-17(22)13-8-10(2)11(3)9-14(13)19(23)24/h13-14H,4-9H2,1-3H3,(H,21,22)(H,23,24). The number of ether oxygens (including phenoxy) is 1. The fourth-order valence-corrected chi connectivity index (χ4v) is 5.22. The van der Waals surface area contributed by atoms with Gasteiger partial charge >= 0.3 is 11.9 Å². The number of carboxylic acids is 1. The van der Waals surface area contributed by atoms with Gasteiger partial charge in [0.1, 0.15) is 5.00 Å². The average molecular weight is 391 g/mol. The number of fused-ring (bicyclic) bond motifs is 1. The largest absolute Gasteiger partial charge is 0.481 e. The zero-order valence-corrected chi connectivity index (χ0v) is 16.7. The molecule has 0 radical (unpaired) electrons. The average Bonchev–Trinajstić information content (AvgIpc) is 3.17. The Kier molecular flexibility index (Phi) is 5.69. The number of hydrogen-bond donors (Lipinski definition) is 2. The lowest BCUT2D eigenvalue weighted by Gasteiger charge is -2.29. The van der Waals surface area contributed by atoms with Crippen LogP contribution in [0.25, 0.3) is 0 Å². The van der Waals surface area contributed by atoms with Crippen molar-refractivity contribution >= 4 is 34.2 Å². The lowest BCUT2D eigenvalue weighted by atomic mass is 9.76. The third-order valence-electron chi connectivity index (χ3n) is 5.56. The van der Waals surface area contributed by atoms with Gasteiger partial charge in [0.15, 0.2) is 0 Å². The van der Waals surface area contributed by atoms with E-state index in [1.54, 1.807) is 6.92 Å². The van der Waals surface area contributed by atoms with E-state index in [-0.39, 0.29) is 12.5 Å². The van der Waals surface area contributed by atoms with Gasteiger partial charge in [0.25, 0.3) is 0 Å². The number of allylic oxidation sites excluding steroid dienone is 2. The molecular formula is C20H25NO5S. The summed E-state index contributed by atoms with van der Waals surface area (Å²) in [6.45, 7) is 5.88. The molecule has 1 aromatic rings. The third-order valence-corrected chi connectivity index (χ3v) is 6.77. The van der Waals surface area contributed by atoms with Gasteiger partial charge < -0.3 is 15.2 Å². The van der Waals surface area contributed by atoms with Crippen LogP contribution in [0, 0.1) is 11.8 Å². The molecular weight excluding hydrogens is 366 g/mol. The maximum absolute atomic E-state index is 13.0. The predicted octanol–water partition coefficient (Wildman–Crippen LogP) is 3.80. The summed E-state index contributed by atoms with van der Waals surface area (Å²) in [5.41, 5.74) is 3.52. The predicted molar refractivity (Wildman–Crippen MR) is 103 cm³/mol. The molecule has 3 rings (SSSR count). The van der Waals surface area contributed by atoms with Gasteiger partial charge in [0.2, 0.25) is 5.91 Å². The second-order valence-corrected chi connectivity index (χ2v) is 8.40. The summed E-state index contributed by atoms with van der Waals surface area (Å²) in [6.07, 6.45) is 3.50. The Bertz CT molecular complexity index is 823. The van der Waals surface area contributed by atoms with E-state index in [1.807, 2.05) is 13.8 Å². The number of hydrogen-bond acceptors (Lipinski definition) is 5. The normalized spacial score (nSPS) is 21.7. The second kappa shape index (κ2) is 7.84. The molecule has 2 aliphatic rings. The Balaban J connectivity index is 1.88. The Morgan fingerprint density at radius 2 is 1.81 bits per heavy atom. The topological polar surface area (TPSA) is 92.7 Å². The van der Waals surface area contributed by atoms with E-state index in [1.165, 1.54) is 11.3 Å². The van der Waals surface area contributed by atoms with Crippen molar-refractivity contribution < 1.29 is 24.2 Å². The van der Waals surface area contributed by atoms with E-state index < -0.39 is 23.8 Å². The molecule has 1 heterocycles. The van der Waals surface area contributed by atoms with Crippen molar-refractivity contribution in [3.05, 3.63) is 27.2 Å². The minimum atomic E-state index is -0.957. The summed E-state index contributed by atoms with van der Waals surface area (Å²) in [4.78, 5) is 38.2. The Morgan fingerprint density at radius 1 is 1.15 bits per heavy atom. The van der Waals surface area contributed by atoms with Gasteiger partial charge in [0, 0.05) is 4.88 Å². The first-order valence-corrected chi connectivity index (χ1v) is 10.2. The lowest BCUT2D eigenvalue weighted by molar-refractivity contribution is -0.146. The van der Waals surface area contributed by atoms with Crippen molar-refractivity contribution in [2.24, 2.45) is 11.8 Å². The SMILES string of the molecule is CCOC(=O)c1c(NC(=O)C2CC(C)=C(C)CC2C(=O)O)sc2c1CCC2. The first kappa shape index (κ1) is 19.6. The fourth-order valence-electron chi connectivity index (χ4n) is 3.94. The number of amides is 1. The van der Waals surface area contributed by atoms with Crippen LogP contribution in [0.5, 0.6) is 0 Å². The number of nitrogens with one attached hydrogen (secondary N) is 1. The molecule has 2 atom stereocenters. The molecule has 0 aromatic carbocycles. The fraction of sp³-hybridized carbons (Fsp3) is 0.550. The van der Waals surface area contributed by atoms with Gasteiger partial charge in [-0.3, -0.25) is 9.59 Å². The maximum atomic E-state index is 13.0. The summed E-state index contributed by atoms with van der Waals surface area (Å²) >= 11 is 1.41. The Labute approximate surface area is 162 Å². The quantitative estimate of drug-likeness (QED) is 0.588. The van der Waals surface area contributed by atoms with E-state index in [0.717, 1.165) is 40.8 Å². The number of aliphatic carboxylic acids is 1. The van der Waals surface area contributed by atoms with Crippen LogP contribution < -0.4 is 5.32 Å². The lowest BCUT2D eigenvalue weighted by Crippen LogP contribution is -2.36. The maximum Gasteiger partial charge on any atom is 0.341 e. The molecule has 0 saturated carbocycles. The van der Waals surface area contributed by atoms with Crippen LogP contribution in [0.1, 0.15) is 60.8 Å². The van der Waals surface area contributed by atoms with Crippen molar-refractivity contribution in [1.82, 2.24) is 0 Å². The van der Waals surface area contributed by atoms with Crippen molar-refractivity contribution in [2.45, 2.75) is 52.9 Å². The Hall–Kier alpha value is -2.15. The van der Waals surface area contributed by atoms with Crippen molar-refractivity contribution in [2.75, 3.05) is 11.9 Å². The molecule has 2 N–H and O–H groups in total. The summed E-state index contributed by atoms with van der Waals surface area (Å²) in [7, 11) is 0. The smallest absolute Gasteiger partial charge is 0.341 e. The number of aryl methyl sites for hydroxylation is 1. The minimum absolute atomic E-state index is 0.268. The molecule has 0 bridgehead atoms. The van der Waals surface area contributed by atoms with E-state index in [0.29, 0.717) is 23.4 Å². The molecule has 2 unspecified atom stereocenters. The zero-order chi connectivity index (χ0) is 19.7. The Morgan fingerprint density at radius 3 is 2.44 bits per heavy atom. The van der Waals surface area contributed by atoms with Crippen LogP contribution in [0.4, 0.5) is 5.00 Å². The number of carboxylic acid groups (broad SMARTS) is 1. The number of rotatable bonds is 5. The summed E-state index contributed by atoms with van der Waals surface area (Å²) in [5, 5.41) is 12.9. The van der Waals surface area contributed by atoms with Crippen molar-refractivity contribution in [3.63, 3.8) is 0 Å². The number of anilines is 1. The molecule has 0 saturated heterocycles. The van der Waals surface area contributed by atoms with E-state index in [9.17, 15) is 19.5 Å². The van der Waals surface area contributed by atoms with Crippen LogP contribution in [0.15, 0.2) is 11.1 Å². The first-order chi connectivity index (χ1) is 12.8. The van der Waals surface area contributed by atoms with Crippen LogP contribution in [-0.4, -0.2) is 29.6 Å². The minimum Gasteiger partial charge on any atom is -0.481 e. The van der Waals surface area contributed by atoms with Crippen molar-refractivity contribution in [1.29, 1.82) is 0 Å². The number of esters is 1. The molecule has 1 amide bonds. The van der Waals surface area contributed by atoms with Gasteiger partial charge in [-0.25, -0.2) is 4.79 Å². The van der Waals surface area contributed by atoms with Gasteiger partial charge in [0.05, 0.1) is 24.0 Å². The van der Waals surface area contributed by atoms with E-state index in [4.69, 9.17) is 4.74 Å². The summed E-state index contributed by atoms with van der Waals surface area (Å²) in [6, 6.07) is 0. The second-order valence-electron chi connectivity index (χ2n) is 7.29. The van der Waals surface area contributed by atoms with E-state index in [2.05, 4.69) is 5.32 Å². The number of carbonyl (C=O) groups is 3. The van der Waals surface area contributed by atoms with Gasteiger partial charge in [-0.05, 0) is 58.4 Å². The van der Waals surface area contributed by atoms with Gasteiger partial charge in [-0.15, -0.1) is 11.3 Å². The molecule has 7 heteroatoms. The highest BCUT2D eigenvalue weighted by molar-refractivity contribution is 7.17. The highest BCUT2D eigenvalue weighted by Crippen LogP contribution is 2.41. The van der Waals surface area contributed by atoms with Crippen LogP contribution in [0.3, 0.4) is 0 Å². The molecule has 6 nitrogen and oxygen atoms in total. The van der Waals surface area contributed by atoms with E-state index >= 15 is 0 Å². The molecule has 1 aromatic heterocycles. The zero-order valence-electron chi connectivity index (χ0n) is 15.9. The van der Waals surface area contributed by atoms with Crippen LogP contribution in [0.2, 0.25) is 0 Å². The first-order valence-electron chi connectivity index (χ1n) is 9.34. The molecule has 2 aliphatic carbocycles. The molecule has 146 valence electrons. The van der Waals surface area contributed by atoms with Gasteiger partial charge in [-0.1, -0.05) is 11.1 Å². The van der Waals surface area contributed by atoms with Crippen molar-refractivity contribution in [3.8, 4) is 0 Å². The third kappa shape index (κ3) is 3.78. The molecule has 27 heavy (non-hydrogen) atoms. The highest BCUT2D eigenvalue weighted by atomic mass is 32.1. The molecule has 0 spiro atoms. The van der Waals surface area contributed by atoms with Gasteiger partial charge in [-0.2, -0.15) is 0 Å². The number of carbonyl (C=O) groups excluding carboxylic acids is 2. The highest BCUT2D eigenvalue weighted by Gasteiger charge is 2.38. The number of thiophene rings is 1. The summed E-state index contributed by atoms with van der Waals surface area (Å²) in [5.74, 6) is -3.09. The van der Waals surface area contributed by atoms with Crippen LogP contribution in [-0.2, 0) is 27.2 Å². The summed E-state index contributed by atoms with van der Waals surface area (Å²) < 4.78 is 5.18.